The van der Waals surface area contributed by atoms with E-state index in [1.807, 2.05) is 19.1 Å². The average molecular weight is 530 g/mol. The van der Waals surface area contributed by atoms with Crippen LogP contribution < -0.4 is 15.8 Å². The molecule has 2 aromatic heterocycles. The molecule has 3 aromatic rings. The van der Waals surface area contributed by atoms with Gasteiger partial charge in [0.15, 0.2) is 0 Å². The molecule has 9 heteroatoms. The maximum absolute atomic E-state index is 15.1. The van der Waals surface area contributed by atoms with Crippen molar-refractivity contribution in [3.05, 3.63) is 80.8 Å². The van der Waals surface area contributed by atoms with Gasteiger partial charge in [-0.05, 0) is 72.2 Å². The second-order valence-corrected chi connectivity index (χ2v) is 11.6. The van der Waals surface area contributed by atoms with E-state index in [0.717, 1.165) is 18.4 Å². The van der Waals surface area contributed by atoms with Crippen molar-refractivity contribution < 1.29 is 14.3 Å². The Kier molecular flexibility index (Phi) is 5.87. The Labute approximate surface area is 226 Å². The Bertz CT molecular complexity index is 1660. The first-order chi connectivity index (χ1) is 18.5. The molecular weight excluding hydrogens is 497 g/mol. The standard InChI is InChI=1S/C30H32FN5O3/c1-17-7-27(32-14-17)33-23-8-19(15-34(4)28(23)38)21-10-20(31)11-24(22(21)16-37)36-6-5-35-25(29(36)39)9-18-12-30(2,3)13-26(18)35/h7-11,15,37H,5-6,12-14,16H2,1-4H3,(H,32,33). The number of aliphatic hydroxyl groups excluding tert-OH is 1. The fraction of sp³-hybridized carbons (Fsp3) is 0.367. The Morgan fingerprint density at radius 1 is 1.13 bits per heavy atom. The van der Waals surface area contributed by atoms with Crippen molar-refractivity contribution in [2.24, 2.45) is 17.5 Å². The number of halogens is 1. The number of amides is 1. The van der Waals surface area contributed by atoms with Gasteiger partial charge in [0.1, 0.15) is 23.0 Å². The lowest BCUT2D eigenvalue weighted by Crippen LogP contribution is -2.41. The topological polar surface area (TPSA) is 91.9 Å². The van der Waals surface area contributed by atoms with E-state index >= 15 is 4.39 Å². The van der Waals surface area contributed by atoms with Crippen molar-refractivity contribution in [2.45, 2.75) is 46.8 Å². The number of rotatable bonds is 4. The van der Waals surface area contributed by atoms with Crippen molar-refractivity contribution in [3.8, 4) is 11.1 Å². The third-order valence-corrected chi connectivity index (χ3v) is 7.90. The van der Waals surface area contributed by atoms with Gasteiger partial charge in [-0.25, -0.2) is 4.39 Å². The van der Waals surface area contributed by atoms with E-state index in [9.17, 15) is 14.7 Å². The molecule has 0 bridgehead atoms. The SMILES string of the molecule is CC1=CC(Nc2cc(-c3cc(F)cc(N4CCn5c(cc6c5CC(C)(C)C6)C4=O)c3CO)cn(C)c2=O)=NC1. The van der Waals surface area contributed by atoms with E-state index in [2.05, 4.69) is 28.7 Å². The molecule has 8 nitrogen and oxygen atoms in total. The van der Waals surface area contributed by atoms with Crippen LogP contribution in [0.5, 0.6) is 0 Å². The Hall–Kier alpha value is -3.98. The molecule has 2 aliphatic heterocycles. The van der Waals surface area contributed by atoms with Crippen LogP contribution in [0.15, 0.2) is 51.9 Å². The lowest BCUT2D eigenvalue weighted by molar-refractivity contribution is 0.0963. The highest BCUT2D eigenvalue weighted by atomic mass is 19.1. The highest BCUT2D eigenvalue weighted by Crippen LogP contribution is 2.40. The summed E-state index contributed by atoms with van der Waals surface area (Å²) in [4.78, 5) is 32.5. The van der Waals surface area contributed by atoms with Crippen LogP contribution in [-0.4, -0.2) is 39.1 Å². The van der Waals surface area contributed by atoms with Gasteiger partial charge in [-0.1, -0.05) is 13.8 Å². The van der Waals surface area contributed by atoms with E-state index < -0.39 is 12.4 Å². The van der Waals surface area contributed by atoms with E-state index in [4.69, 9.17) is 0 Å². The van der Waals surface area contributed by atoms with Gasteiger partial charge in [-0.3, -0.25) is 14.6 Å². The first-order valence-corrected chi connectivity index (χ1v) is 13.2. The van der Waals surface area contributed by atoms with Crippen LogP contribution in [0, 0.1) is 11.2 Å². The fourth-order valence-electron chi connectivity index (χ4n) is 6.12. The molecule has 1 aromatic carbocycles. The molecule has 0 saturated heterocycles. The number of aryl methyl sites for hydroxylation is 1. The average Bonchev–Trinajstić information content (AvgIpc) is 3.53. The molecule has 0 atom stereocenters. The first kappa shape index (κ1) is 25.3. The lowest BCUT2D eigenvalue weighted by Gasteiger charge is -2.32. The van der Waals surface area contributed by atoms with Crippen LogP contribution in [0.4, 0.5) is 15.8 Å². The largest absolute Gasteiger partial charge is 0.392 e. The van der Waals surface area contributed by atoms with Gasteiger partial charge in [-0.15, -0.1) is 0 Å². The number of amidine groups is 1. The third kappa shape index (κ3) is 4.30. The predicted octanol–water partition coefficient (Wildman–Crippen LogP) is 4.04. The molecule has 0 unspecified atom stereocenters. The van der Waals surface area contributed by atoms with Crippen LogP contribution in [0.2, 0.25) is 0 Å². The van der Waals surface area contributed by atoms with Crippen molar-refractivity contribution in [1.29, 1.82) is 0 Å². The summed E-state index contributed by atoms with van der Waals surface area (Å²) in [6, 6.07) is 6.26. The number of aromatic nitrogens is 2. The minimum Gasteiger partial charge on any atom is -0.392 e. The van der Waals surface area contributed by atoms with Crippen molar-refractivity contribution in [1.82, 2.24) is 9.13 Å². The molecule has 0 radical (unpaired) electrons. The van der Waals surface area contributed by atoms with Gasteiger partial charge in [0, 0.05) is 43.2 Å². The van der Waals surface area contributed by atoms with Crippen LogP contribution in [0.25, 0.3) is 11.1 Å². The van der Waals surface area contributed by atoms with Gasteiger partial charge in [0.2, 0.25) is 0 Å². The molecule has 6 rings (SSSR count). The van der Waals surface area contributed by atoms with Gasteiger partial charge >= 0.3 is 0 Å². The number of pyridine rings is 1. The van der Waals surface area contributed by atoms with E-state index in [1.54, 1.807) is 24.2 Å². The van der Waals surface area contributed by atoms with Gasteiger partial charge in [-0.2, -0.15) is 0 Å². The second kappa shape index (κ2) is 9.05. The molecule has 4 heterocycles. The molecule has 1 amide bonds. The van der Waals surface area contributed by atoms with Crippen molar-refractivity contribution in [2.75, 3.05) is 23.3 Å². The number of fused-ring (bicyclic) bond motifs is 3. The first-order valence-electron chi connectivity index (χ1n) is 13.2. The number of anilines is 2. The molecular formula is C30H32FN5O3. The Balaban J connectivity index is 1.40. The number of nitrogens with zero attached hydrogens (tertiary/aromatic N) is 4. The number of hydrogen-bond acceptors (Lipinski definition) is 5. The maximum Gasteiger partial charge on any atom is 0.274 e. The van der Waals surface area contributed by atoms with E-state index in [0.29, 0.717) is 59.2 Å². The molecule has 202 valence electrons. The summed E-state index contributed by atoms with van der Waals surface area (Å²) in [5.74, 6) is -0.150. The van der Waals surface area contributed by atoms with Gasteiger partial charge < -0.3 is 24.5 Å². The van der Waals surface area contributed by atoms with Crippen LogP contribution in [0.1, 0.15) is 48.1 Å². The molecule has 0 spiro atoms. The summed E-state index contributed by atoms with van der Waals surface area (Å²) in [5.41, 5.74) is 6.04. The number of carbonyl (C=O) groups excluding carboxylic acids is 1. The monoisotopic (exact) mass is 529 g/mol. The summed E-state index contributed by atoms with van der Waals surface area (Å²) < 4.78 is 18.7. The molecule has 0 saturated carbocycles. The second-order valence-electron chi connectivity index (χ2n) is 11.6. The Morgan fingerprint density at radius 2 is 1.92 bits per heavy atom. The van der Waals surface area contributed by atoms with E-state index in [-0.39, 0.29) is 16.9 Å². The predicted molar refractivity (Wildman–Crippen MR) is 150 cm³/mol. The maximum atomic E-state index is 15.1. The highest BCUT2D eigenvalue weighted by molar-refractivity contribution is 6.07. The number of aliphatic hydroxyl groups is 1. The third-order valence-electron chi connectivity index (χ3n) is 7.90. The number of nitrogens with one attached hydrogen (secondary N) is 1. The number of benzene rings is 1. The highest BCUT2D eigenvalue weighted by Gasteiger charge is 2.37. The summed E-state index contributed by atoms with van der Waals surface area (Å²) in [6.07, 6.45) is 5.33. The van der Waals surface area contributed by atoms with Crippen molar-refractivity contribution >= 4 is 23.1 Å². The summed E-state index contributed by atoms with van der Waals surface area (Å²) in [5, 5.41) is 13.6. The van der Waals surface area contributed by atoms with Crippen LogP contribution in [-0.2, 0) is 33.0 Å². The summed E-state index contributed by atoms with van der Waals surface area (Å²) >= 11 is 0. The van der Waals surface area contributed by atoms with Crippen LogP contribution in [0.3, 0.4) is 0 Å². The van der Waals surface area contributed by atoms with Gasteiger partial charge in [0.05, 0.1) is 18.8 Å². The molecule has 39 heavy (non-hydrogen) atoms. The zero-order valence-electron chi connectivity index (χ0n) is 22.6. The zero-order valence-corrected chi connectivity index (χ0v) is 22.6. The van der Waals surface area contributed by atoms with Crippen LogP contribution >= 0.6 is 0 Å². The smallest absolute Gasteiger partial charge is 0.274 e. The molecule has 1 aliphatic carbocycles. The normalized spacial score (nSPS) is 17.7. The quantitative estimate of drug-likeness (QED) is 0.534. The lowest BCUT2D eigenvalue weighted by atomic mass is 9.90. The number of carbonyl (C=O) groups is 1. The minimum absolute atomic E-state index is 0.178. The molecule has 2 N–H and O–H groups in total. The minimum atomic E-state index is -0.530. The molecule has 0 fully saturated rings. The molecule has 3 aliphatic rings. The number of aliphatic imine (C=N–C) groups is 1. The summed E-state index contributed by atoms with van der Waals surface area (Å²) in [7, 11) is 1.62. The van der Waals surface area contributed by atoms with Crippen molar-refractivity contribution in [3.63, 3.8) is 0 Å². The fourth-order valence-corrected chi connectivity index (χ4v) is 6.12. The summed E-state index contributed by atoms with van der Waals surface area (Å²) in [6.45, 7) is 7.57. The van der Waals surface area contributed by atoms with E-state index in [1.165, 1.54) is 28.0 Å². The number of hydrogen-bond donors (Lipinski definition) is 2. The zero-order chi connectivity index (χ0) is 27.6. The Morgan fingerprint density at radius 3 is 2.64 bits per heavy atom. The van der Waals surface area contributed by atoms with Gasteiger partial charge in [0.25, 0.3) is 11.5 Å².